The molecule has 0 aliphatic carbocycles. The second-order valence-electron chi connectivity index (χ2n) is 0. The van der Waals surface area contributed by atoms with Crippen LogP contribution in [-0.4, -0.2) is 34.7 Å². The van der Waals surface area contributed by atoms with Gasteiger partial charge in [-0.2, -0.15) is 0 Å². The second-order valence-corrected chi connectivity index (χ2v) is 0. The largest absolute Gasteiger partial charge is 4.00 e. The van der Waals surface area contributed by atoms with Crippen molar-refractivity contribution < 1.29 is 90.0 Å². The quantitative estimate of drug-likeness (QED) is 0.330. The molecule has 0 aromatic rings. The van der Waals surface area contributed by atoms with Crippen LogP contribution in [0.1, 0.15) is 0 Å². The summed E-state index contributed by atoms with van der Waals surface area (Å²) in [4.78, 5) is 0. The third-order valence-corrected chi connectivity index (χ3v) is 0. The zero-order chi connectivity index (χ0) is 0. The van der Waals surface area contributed by atoms with Crippen LogP contribution < -0.4 is 0 Å². The van der Waals surface area contributed by atoms with E-state index in [4.69, 9.17) is 0 Å². The Balaban J connectivity index is 0. The molecule has 0 heterocycles. The van der Waals surface area contributed by atoms with E-state index in [-0.39, 0.29) is 125 Å². The third kappa shape index (κ3) is 218. The molecule has 0 bridgehead atoms. The Bertz CT molecular complexity index is 14.4. The molecule has 7 nitrogen and oxygen atoms in total. The fourth-order valence-electron chi connectivity index (χ4n) is 0. The van der Waals surface area contributed by atoms with E-state index in [0.29, 0.717) is 0 Å². The molecule has 11 heteroatoms. The number of hydrogen-bond donors (Lipinski definition) is 0. The van der Waals surface area contributed by atoms with Gasteiger partial charge in [0.15, 0.2) is 0 Å². The molecule has 0 aromatic carbocycles. The van der Waals surface area contributed by atoms with Crippen LogP contribution in [0.3, 0.4) is 0 Å². The van der Waals surface area contributed by atoms with Crippen molar-refractivity contribution in [2.24, 2.45) is 0 Å². The molecule has 0 atom stereocenters. The minimum Gasteiger partial charge on any atom is -2.00 e. The smallest absolute Gasteiger partial charge is 2.00 e. The van der Waals surface area contributed by atoms with Crippen LogP contribution in [0.15, 0.2) is 0 Å². The molecule has 0 radical (unpaired) electrons. The van der Waals surface area contributed by atoms with Crippen LogP contribution in [0.2, 0.25) is 0 Å². The maximum absolute atomic E-state index is 0. The Kier molecular flexibility index (Phi) is 7890. The van der Waals surface area contributed by atoms with Crippen molar-refractivity contribution in [3.63, 3.8) is 0 Å². The zero-order valence-corrected chi connectivity index (χ0v) is 14.5. The van der Waals surface area contributed by atoms with E-state index in [2.05, 4.69) is 0 Å². The molecule has 0 aliphatic heterocycles. The van der Waals surface area contributed by atoms with Gasteiger partial charge in [0.25, 0.3) is 0 Å². The van der Waals surface area contributed by atoms with Crippen LogP contribution >= 0.6 is 0 Å². The van der Waals surface area contributed by atoms with Gasteiger partial charge in [-0.15, -0.1) is 0 Å². The normalized spacial score (nSPS) is 0. The van der Waals surface area contributed by atoms with Crippen molar-refractivity contribution in [3.05, 3.63) is 0 Å². The SMILES string of the molecule is [Al+3].[Al+3].[Hf+4].[Hf+4].[O-2].[O-2].[O-2].[O-2].[O-2].[O-2].[O-2]. The second kappa shape index (κ2) is 261. The molecule has 0 saturated heterocycles. The van der Waals surface area contributed by atoms with Crippen LogP contribution in [-0.2, 0) is 90.0 Å². The fourth-order valence-corrected chi connectivity index (χ4v) is 0. The Morgan fingerprint density at radius 2 is 0.273 bits per heavy atom. The molecule has 0 rings (SSSR count). The molecule has 11 heavy (non-hydrogen) atoms. The number of rotatable bonds is 0. The zero-order valence-electron chi connectivity index (χ0n) is 5.01. The van der Waals surface area contributed by atoms with E-state index in [1.165, 1.54) is 0 Å². The molecule has 0 spiro atoms. The maximum Gasteiger partial charge on any atom is 4.00 e. The van der Waals surface area contributed by atoms with Crippen molar-refractivity contribution in [1.29, 1.82) is 0 Å². The first kappa shape index (κ1) is 333. The van der Waals surface area contributed by atoms with Crippen molar-refractivity contribution >= 4 is 34.7 Å². The van der Waals surface area contributed by atoms with E-state index in [9.17, 15) is 0 Å². The van der Waals surface area contributed by atoms with Gasteiger partial charge in [0.1, 0.15) is 0 Å². The predicted octanol–water partition coefficient (Wildman–Crippen LogP) is -1.60. The summed E-state index contributed by atoms with van der Waals surface area (Å²) in [6.45, 7) is 0. The molecule has 0 aromatic heterocycles. The van der Waals surface area contributed by atoms with Gasteiger partial charge < -0.3 is 38.3 Å². The van der Waals surface area contributed by atoms with E-state index >= 15 is 0 Å². The molecule has 0 saturated carbocycles. The minimum absolute atomic E-state index is 0. The van der Waals surface area contributed by atoms with Gasteiger partial charge >= 0.3 is 86.4 Å². The van der Waals surface area contributed by atoms with Gasteiger partial charge in [-0.25, -0.2) is 0 Å². The molecule has 0 amide bonds. The summed E-state index contributed by atoms with van der Waals surface area (Å²) in [7, 11) is 0. The first-order valence-corrected chi connectivity index (χ1v) is 0. The maximum atomic E-state index is 0. The monoisotopic (exact) mass is 526 g/mol. The summed E-state index contributed by atoms with van der Waals surface area (Å²) in [6, 6.07) is 0. The van der Waals surface area contributed by atoms with Gasteiger partial charge in [-0.3, -0.25) is 0 Å². The van der Waals surface area contributed by atoms with Gasteiger partial charge in [0.05, 0.1) is 0 Å². The van der Waals surface area contributed by atoms with Crippen LogP contribution in [0.25, 0.3) is 0 Å². The van der Waals surface area contributed by atoms with E-state index < -0.39 is 0 Å². The Morgan fingerprint density at radius 1 is 0.273 bits per heavy atom. The Labute approximate surface area is 123 Å². The van der Waals surface area contributed by atoms with E-state index in [1.807, 2.05) is 0 Å². The first-order valence-electron chi connectivity index (χ1n) is 0. The summed E-state index contributed by atoms with van der Waals surface area (Å²) in [5.74, 6) is 0. The molecular formula is Al2Hf2O7. The average molecular weight is 523 g/mol. The van der Waals surface area contributed by atoms with Crippen LogP contribution in [0.4, 0.5) is 0 Å². The summed E-state index contributed by atoms with van der Waals surface area (Å²) in [6.07, 6.45) is 0. The standard InChI is InChI=1S/2Al.2Hf.7O/q2*+3;2*+4;7*-2. The topological polar surface area (TPSA) is 200 Å². The summed E-state index contributed by atoms with van der Waals surface area (Å²) >= 11 is 0. The molecular weight excluding hydrogens is 523 g/mol. The van der Waals surface area contributed by atoms with Gasteiger partial charge in [-0.05, 0) is 0 Å². The fraction of sp³-hybridized carbons (Fsp3) is 0. The minimum atomic E-state index is 0. The molecule has 0 aliphatic rings. The first-order chi connectivity index (χ1) is 0. The van der Waals surface area contributed by atoms with Crippen molar-refractivity contribution in [1.82, 2.24) is 0 Å². The molecule has 56 valence electrons. The third-order valence-electron chi connectivity index (χ3n) is 0. The summed E-state index contributed by atoms with van der Waals surface area (Å²) < 4.78 is 0. The Morgan fingerprint density at radius 3 is 0.273 bits per heavy atom. The Hall–Kier alpha value is 2.53. The van der Waals surface area contributed by atoms with Crippen molar-refractivity contribution in [2.45, 2.75) is 0 Å². The number of hydrogen-bond acceptors (Lipinski definition) is 0. The molecule has 0 unspecified atom stereocenters. The molecule has 0 N–H and O–H groups in total. The van der Waals surface area contributed by atoms with Gasteiger partial charge in [0, 0.05) is 0 Å². The van der Waals surface area contributed by atoms with Crippen molar-refractivity contribution in [3.8, 4) is 0 Å². The van der Waals surface area contributed by atoms with Crippen LogP contribution in [0.5, 0.6) is 0 Å². The summed E-state index contributed by atoms with van der Waals surface area (Å²) in [5.41, 5.74) is 0. The molecule has 0 fully saturated rings. The predicted molar refractivity (Wildman–Crippen MR) is 16.3 cm³/mol. The van der Waals surface area contributed by atoms with Crippen LogP contribution in [0, 0.1) is 0 Å². The average Bonchev–Trinajstić information content (AvgIpc) is 0. The summed E-state index contributed by atoms with van der Waals surface area (Å²) in [5, 5.41) is 0. The van der Waals surface area contributed by atoms with Gasteiger partial charge in [-0.1, -0.05) is 0 Å². The van der Waals surface area contributed by atoms with E-state index in [0.717, 1.165) is 0 Å². The van der Waals surface area contributed by atoms with Gasteiger partial charge in [0.2, 0.25) is 0 Å². The van der Waals surface area contributed by atoms with E-state index in [1.54, 1.807) is 0 Å². The van der Waals surface area contributed by atoms with Crippen molar-refractivity contribution in [2.75, 3.05) is 0 Å².